The molecule has 5 aromatic carbocycles. The number of aromatic nitrogens is 8. The molecule has 2 aliphatic rings. The standard InChI is InChI=1S/C51H46N8O.Co/c1-49(2,3)30-15-19-34-38(23-30)47-55-42(34)53-45-37-22-29(28-12-10-27(26-60)11-13-28)14-18-33(37)41(52-45)54-46-39-24-31(50(4,5)6)16-20-35(39)43(56-46)58-48-40-25-32(51(7,8)9)17-21-36(40)44(57-47)59-48;/h10-25,60H,26H2,1-9H3;/q-2;+2. The maximum Gasteiger partial charge on any atom is 2.00 e. The largest absolute Gasteiger partial charge is 2.00 e. The minimum atomic E-state index is -0.108. The van der Waals surface area contributed by atoms with E-state index in [9.17, 15) is 5.11 Å². The van der Waals surface area contributed by atoms with Gasteiger partial charge in [-0.05, 0) is 95.4 Å². The predicted octanol–water partition coefficient (Wildman–Crippen LogP) is 11.2. The van der Waals surface area contributed by atoms with Crippen LogP contribution in [-0.4, -0.2) is 35.0 Å². The molecular weight excluding hydrogens is 800 g/mol. The Balaban J connectivity index is 0.00000476. The molecule has 0 fully saturated rings. The van der Waals surface area contributed by atoms with Crippen molar-refractivity contribution >= 4 is 44.1 Å². The molecule has 0 unspecified atom stereocenters. The van der Waals surface area contributed by atoms with Crippen LogP contribution in [0.2, 0.25) is 0 Å². The van der Waals surface area contributed by atoms with Gasteiger partial charge in [0.15, 0.2) is 11.6 Å². The second-order valence-electron chi connectivity index (χ2n) is 19.1. The van der Waals surface area contributed by atoms with Crippen LogP contribution in [0.5, 0.6) is 0 Å². The first-order valence-corrected chi connectivity index (χ1v) is 20.5. The van der Waals surface area contributed by atoms with Crippen molar-refractivity contribution < 1.29 is 21.9 Å². The number of nitrogens with zero attached hydrogens (tertiary/aromatic N) is 8. The van der Waals surface area contributed by atoms with Crippen molar-refractivity contribution in [3.05, 3.63) is 119 Å². The van der Waals surface area contributed by atoms with Crippen LogP contribution in [0.4, 0.5) is 0 Å². The van der Waals surface area contributed by atoms with Gasteiger partial charge in [0.1, 0.15) is 0 Å². The van der Waals surface area contributed by atoms with Crippen LogP contribution in [0.1, 0.15) is 84.6 Å². The van der Waals surface area contributed by atoms with E-state index in [4.69, 9.17) is 39.9 Å². The Kier molecular flexibility index (Phi) is 9.43. The third kappa shape index (κ3) is 7.02. The summed E-state index contributed by atoms with van der Waals surface area (Å²) in [6.07, 6.45) is 0. The van der Waals surface area contributed by atoms with E-state index in [1.54, 1.807) is 0 Å². The van der Waals surface area contributed by atoms with E-state index in [-0.39, 0.29) is 39.6 Å². The van der Waals surface area contributed by atoms with Crippen molar-refractivity contribution in [1.29, 1.82) is 0 Å². The maximum absolute atomic E-state index is 9.70. The van der Waals surface area contributed by atoms with Crippen molar-refractivity contribution in [2.75, 3.05) is 0 Å². The first-order chi connectivity index (χ1) is 28.5. The predicted molar refractivity (Wildman–Crippen MR) is 241 cm³/mol. The average Bonchev–Trinajstić information content (AvgIpc) is 3.94. The van der Waals surface area contributed by atoms with E-state index >= 15 is 0 Å². The fraction of sp³-hybridized carbons (Fsp3) is 0.255. The monoisotopic (exact) mass is 845 g/mol. The van der Waals surface area contributed by atoms with Gasteiger partial charge < -0.3 is 30.0 Å². The molecular formula is C51H46CoN8O. The molecule has 10 heteroatoms. The third-order valence-corrected chi connectivity index (χ3v) is 11.8. The Morgan fingerprint density at radius 1 is 0.393 bits per heavy atom. The van der Waals surface area contributed by atoms with Gasteiger partial charge in [0.05, 0.1) is 18.3 Å². The summed E-state index contributed by atoms with van der Waals surface area (Å²) in [4.78, 5) is 41.6. The number of fused-ring (bicyclic) bond motifs is 20. The minimum Gasteiger partial charge on any atom is -0.392 e. The van der Waals surface area contributed by atoms with Gasteiger partial charge in [-0.25, -0.2) is 15.0 Å². The maximum atomic E-state index is 9.70. The topological polar surface area (TPSA) is 126 Å². The Hall–Kier alpha value is -6.07. The quantitative estimate of drug-likeness (QED) is 0.181. The smallest absolute Gasteiger partial charge is 0.392 e. The van der Waals surface area contributed by atoms with Gasteiger partial charge in [0, 0.05) is 44.8 Å². The van der Waals surface area contributed by atoms with Gasteiger partial charge in [0.2, 0.25) is 0 Å². The normalized spacial score (nSPS) is 12.7. The van der Waals surface area contributed by atoms with Crippen molar-refractivity contribution in [1.82, 2.24) is 39.9 Å². The third-order valence-electron chi connectivity index (χ3n) is 11.8. The molecule has 0 saturated carbocycles. The molecule has 0 saturated heterocycles. The van der Waals surface area contributed by atoms with Gasteiger partial charge >= 0.3 is 16.8 Å². The summed E-state index contributed by atoms with van der Waals surface area (Å²) in [6.45, 7) is 19.9. The number of hydrogen-bond donors (Lipinski definition) is 1. The van der Waals surface area contributed by atoms with Gasteiger partial charge in [0.25, 0.3) is 0 Å². The summed E-state index contributed by atoms with van der Waals surface area (Å²) in [5.74, 6) is 2.06. The second-order valence-corrected chi connectivity index (χ2v) is 19.1. The zero-order valence-corrected chi connectivity index (χ0v) is 36.8. The summed E-state index contributed by atoms with van der Waals surface area (Å²) in [5.41, 5.74) is 11.6. The number of aliphatic hydroxyl groups is 1. The molecule has 0 amide bonds. The van der Waals surface area contributed by atoms with Gasteiger partial charge in [-0.3, -0.25) is 0 Å². The van der Waals surface area contributed by atoms with Crippen molar-refractivity contribution in [3.63, 3.8) is 0 Å². The van der Waals surface area contributed by atoms with E-state index in [0.29, 0.717) is 45.9 Å². The van der Waals surface area contributed by atoms with Gasteiger partial charge in [-0.1, -0.05) is 135 Å². The summed E-state index contributed by atoms with van der Waals surface area (Å²) < 4.78 is 0. The van der Waals surface area contributed by atoms with Crippen LogP contribution >= 0.6 is 0 Å². The van der Waals surface area contributed by atoms with Crippen LogP contribution < -0.4 is 9.97 Å². The summed E-state index contributed by atoms with van der Waals surface area (Å²) in [5, 5.41) is 13.2. The number of benzene rings is 5. The summed E-state index contributed by atoms with van der Waals surface area (Å²) in [6, 6.07) is 33.5. The summed E-state index contributed by atoms with van der Waals surface area (Å²) >= 11 is 0. The molecule has 0 aliphatic carbocycles. The molecule has 0 spiro atoms. The molecule has 8 bridgehead atoms. The van der Waals surface area contributed by atoms with Crippen LogP contribution in [0.25, 0.3) is 101 Å². The van der Waals surface area contributed by atoms with E-state index < -0.39 is 0 Å². The van der Waals surface area contributed by atoms with E-state index in [0.717, 1.165) is 71.6 Å². The fourth-order valence-electron chi connectivity index (χ4n) is 8.04. The Bertz CT molecular complexity index is 3250. The zero-order chi connectivity index (χ0) is 41.9. The Morgan fingerprint density at radius 3 is 1.33 bits per heavy atom. The van der Waals surface area contributed by atoms with Crippen LogP contribution in [0.3, 0.4) is 0 Å². The minimum absolute atomic E-state index is 0. The van der Waals surface area contributed by atoms with Gasteiger partial charge in [-0.2, -0.15) is 0 Å². The number of aliphatic hydroxyl groups excluding tert-OH is 1. The molecule has 1 N–H and O–H groups in total. The Labute approximate surface area is 365 Å². The molecule has 61 heavy (non-hydrogen) atoms. The molecule has 10 rings (SSSR count). The van der Waals surface area contributed by atoms with Crippen molar-refractivity contribution in [3.8, 4) is 56.7 Å². The van der Waals surface area contributed by atoms with E-state index in [1.165, 1.54) is 5.56 Å². The first-order valence-electron chi connectivity index (χ1n) is 20.5. The molecule has 2 aliphatic heterocycles. The molecule has 3 aromatic heterocycles. The number of hydrogen-bond acceptors (Lipinski definition) is 7. The van der Waals surface area contributed by atoms with E-state index in [2.05, 4.69) is 135 Å². The molecule has 9 nitrogen and oxygen atoms in total. The van der Waals surface area contributed by atoms with Crippen molar-refractivity contribution in [2.45, 2.75) is 85.2 Å². The van der Waals surface area contributed by atoms with Gasteiger partial charge in [-0.15, -0.1) is 0 Å². The Morgan fingerprint density at radius 2 is 0.787 bits per heavy atom. The first kappa shape index (κ1) is 40.3. The SMILES string of the molecule is CC(C)(C)c1ccc2c(c1)-c1nc-2nc2nc(nc3[n-]c(nc4[n-]c(n1)c1ccc(C(C)(C)C)cc41)c1ccc(C(C)(C)C)cc31)-c1ccc(-c3ccc(CO)cc3)cc1-2.[Co+2]. The molecule has 305 valence electrons. The second kappa shape index (κ2) is 14.3. The molecule has 8 aromatic rings. The fourth-order valence-corrected chi connectivity index (χ4v) is 8.04. The average molecular weight is 846 g/mol. The van der Waals surface area contributed by atoms with Crippen LogP contribution in [-0.2, 0) is 39.6 Å². The van der Waals surface area contributed by atoms with E-state index in [1.807, 2.05) is 24.3 Å². The molecule has 5 heterocycles. The van der Waals surface area contributed by atoms with Crippen LogP contribution in [0.15, 0.2) is 97.1 Å². The summed E-state index contributed by atoms with van der Waals surface area (Å²) in [7, 11) is 0. The zero-order valence-electron chi connectivity index (χ0n) is 35.8. The molecule has 1 radical (unpaired) electrons. The molecule has 0 atom stereocenters. The number of rotatable bonds is 2. The van der Waals surface area contributed by atoms with Crippen molar-refractivity contribution in [2.24, 2.45) is 0 Å². The van der Waals surface area contributed by atoms with Crippen LogP contribution in [0, 0.1) is 0 Å².